The number of nitro groups is 1. The molecule has 0 aliphatic heterocycles. The zero-order chi connectivity index (χ0) is 18.6. The molecule has 0 unspecified atom stereocenters. The Labute approximate surface area is 144 Å². The molecule has 0 fully saturated rings. The summed E-state index contributed by atoms with van der Waals surface area (Å²) < 4.78 is 0. The summed E-state index contributed by atoms with van der Waals surface area (Å²) in [4.78, 5) is 22.5. The fourth-order valence-electron chi connectivity index (χ4n) is 2.14. The Hall–Kier alpha value is -3.66. The average Bonchev–Trinajstić information content (AvgIpc) is 2.57. The largest absolute Gasteiger partial charge is 0.507 e. The van der Waals surface area contributed by atoms with Crippen molar-refractivity contribution in [2.75, 3.05) is 5.32 Å². The number of carbonyl (C=O) groups is 1. The SMILES string of the molecule is Cc1ccc(C)c(NC(=O)/C(C#N)=C/c2cc([N+](=O)[O-])ccc2O)c1. The van der Waals surface area contributed by atoms with Gasteiger partial charge < -0.3 is 10.4 Å². The lowest BCUT2D eigenvalue weighted by Crippen LogP contribution is -2.14. The molecule has 0 bridgehead atoms. The van der Waals surface area contributed by atoms with Crippen LogP contribution in [0.15, 0.2) is 42.0 Å². The van der Waals surface area contributed by atoms with Gasteiger partial charge in [-0.05, 0) is 43.2 Å². The number of aromatic hydroxyl groups is 1. The molecule has 7 heteroatoms. The summed E-state index contributed by atoms with van der Waals surface area (Å²) in [7, 11) is 0. The molecule has 2 aromatic carbocycles. The molecule has 2 rings (SSSR count). The Kier molecular flexibility index (Phi) is 5.15. The summed E-state index contributed by atoms with van der Waals surface area (Å²) in [6.45, 7) is 3.69. The molecule has 0 aromatic heterocycles. The van der Waals surface area contributed by atoms with E-state index in [0.717, 1.165) is 35.4 Å². The lowest BCUT2D eigenvalue weighted by Gasteiger charge is -2.09. The second kappa shape index (κ2) is 7.27. The van der Waals surface area contributed by atoms with E-state index < -0.39 is 10.8 Å². The third kappa shape index (κ3) is 4.20. The van der Waals surface area contributed by atoms with Crippen molar-refractivity contribution >= 4 is 23.4 Å². The van der Waals surface area contributed by atoms with Gasteiger partial charge in [-0.15, -0.1) is 0 Å². The number of amides is 1. The molecule has 0 saturated heterocycles. The number of nitrogens with one attached hydrogen (secondary N) is 1. The second-order valence-corrected chi connectivity index (χ2v) is 5.44. The van der Waals surface area contributed by atoms with E-state index in [1.165, 1.54) is 0 Å². The molecule has 0 saturated carbocycles. The molecular formula is C18H15N3O4. The first-order valence-corrected chi connectivity index (χ1v) is 7.29. The first-order chi connectivity index (χ1) is 11.8. The van der Waals surface area contributed by atoms with Crippen molar-refractivity contribution in [3.63, 3.8) is 0 Å². The maximum absolute atomic E-state index is 12.3. The summed E-state index contributed by atoms with van der Waals surface area (Å²) in [6, 6.07) is 10.6. The maximum Gasteiger partial charge on any atom is 0.270 e. The molecule has 0 atom stereocenters. The Balaban J connectivity index is 2.36. The standard InChI is InChI=1S/C18H15N3O4/c1-11-3-4-12(2)16(7-11)20-18(23)14(10-19)8-13-9-15(21(24)25)5-6-17(13)22/h3-9,22H,1-2H3,(H,20,23)/b14-8+. The van der Waals surface area contributed by atoms with Crippen LogP contribution in [0.2, 0.25) is 0 Å². The summed E-state index contributed by atoms with van der Waals surface area (Å²) in [5.74, 6) is -0.931. The molecule has 7 nitrogen and oxygen atoms in total. The highest BCUT2D eigenvalue weighted by atomic mass is 16.6. The first kappa shape index (κ1) is 17.7. The van der Waals surface area contributed by atoms with Crippen LogP contribution < -0.4 is 5.32 Å². The molecule has 2 aromatic rings. The minimum Gasteiger partial charge on any atom is -0.507 e. The number of rotatable bonds is 4. The van der Waals surface area contributed by atoms with E-state index in [1.807, 2.05) is 26.0 Å². The van der Waals surface area contributed by atoms with E-state index >= 15 is 0 Å². The van der Waals surface area contributed by atoms with Crippen molar-refractivity contribution in [2.45, 2.75) is 13.8 Å². The van der Waals surface area contributed by atoms with Crippen molar-refractivity contribution in [2.24, 2.45) is 0 Å². The van der Waals surface area contributed by atoms with Crippen LogP contribution in [-0.4, -0.2) is 15.9 Å². The van der Waals surface area contributed by atoms with Crippen LogP contribution in [0.5, 0.6) is 5.75 Å². The number of anilines is 1. The van der Waals surface area contributed by atoms with Crippen LogP contribution in [0, 0.1) is 35.3 Å². The highest BCUT2D eigenvalue weighted by Crippen LogP contribution is 2.25. The van der Waals surface area contributed by atoms with Crippen molar-refractivity contribution in [1.82, 2.24) is 0 Å². The van der Waals surface area contributed by atoms with Crippen molar-refractivity contribution in [3.8, 4) is 11.8 Å². The summed E-state index contributed by atoms with van der Waals surface area (Å²) in [5, 5.41) is 32.5. The van der Waals surface area contributed by atoms with Crippen molar-refractivity contribution in [3.05, 3.63) is 68.8 Å². The normalized spacial score (nSPS) is 10.8. The van der Waals surface area contributed by atoms with Gasteiger partial charge in [0.05, 0.1) is 4.92 Å². The monoisotopic (exact) mass is 337 g/mol. The highest BCUT2D eigenvalue weighted by Gasteiger charge is 2.14. The van der Waals surface area contributed by atoms with E-state index in [9.17, 15) is 25.3 Å². The third-order valence-electron chi connectivity index (χ3n) is 3.53. The smallest absolute Gasteiger partial charge is 0.270 e. The van der Waals surface area contributed by atoms with Gasteiger partial charge in [-0.3, -0.25) is 14.9 Å². The molecule has 126 valence electrons. The van der Waals surface area contributed by atoms with Gasteiger partial charge in [0.25, 0.3) is 11.6 Å². The van der Waals surface area contributed by atoms with Gasteiger partial charge in [0, 0.05) is 23.4 Å². The quantitative estimate of drug-likeness (QED) is 0.383. The van der Waals surface area contributed by atoms with Crippen molar-refractivity contribution in [1.29, 1.82) is 5.26 Å². The third-order valence-corrected chi connectivity index (χ3v) is 3.53. The zero-order valence-electron chi connectivity index (χ0n) is 13.6. The van der Waals surface area contributed by atoms with Crippen LogP contribution in [0.1, 0.15) is 16.7 Å². The van der Waals surface area contributed by atoms with E-state index in [0.29, 0.717) is 5.69 Å². The van der Waals surface area contributed by atoms with Crippen LogP contribution in [-0.2, 0) is 4.79 Å². The molecule has 0 spiro atoms. The number of aryl methyl sites for hydroxylation is 2. The topological polar surface area (TPSA) is 116 Å². The van der Waals surface area contributed by atoms with E-state index in [4.69, 9.17) is 0 Å². The van der Waals surface area contributed by atoms with Gasteiger partial charge in [-0.25, -0.2) is 0 Å². The van der Waals surface area contributed by atoms with E-state index in [2.05, 4.69) is 5.32 Å². The molecule has 2 N–H and O–H groups in total. The molecule has 1 amide bonds. The summed E-state index contributed by atoms with van der Waals surface area (Å²) in [5.41, 5.74) is 1.82. The number of carbonyl (C=O) groups excluding carboxylic acids is 1. The molecule has 0 heterocycles. The van der Waals surface area contributed by atoms with Crippen LogP contribution in [0.3, 0.4) is 0 Å². The Morgan fingerprint density at radius 1 is 1.28 bits per heavy atom. The van der Waals surface area contributed by atoms with Gasteiger partial charge in [0.2, 0.25) is 0 Å². The van der Waals surface area contributed by atoms with Gasteiger partial charge in [0.1, 0.15) is 17.4 Å². The Morgan fingerprint density at radius 2 is 2.00 bits per heavy atom. The van der Waals surface area contributed by atoms with Crippen molar-refractivity contribution < 1.29 is 14.8 Å². The summed E-state index contributed by atoms with van der Waals surface area (Å²) in [6.07, 6.45) is 1.11. The van der Waals surface area contributed by atoms with Gasteiger partial charge in [0.15, 0.2) is 0 Å². The lowest BCUT2D eigenvalue weighted by molar-refractivity contribution is -0.384. The minimum atomic E-state index is -0.665. The average molecular weight is 337 g/mol. The second-order valence-electron chi connectivity index (χ2n) is 5.44. The molecule has 25 heavy (non-hydrogen) atoms. The number of non-ortho nitro benzene ring substituents is 1. The summed E-state index contributed by atoms with van der Waals surface area (Å²) >= 11 is 0. The Bertz CT molecular complexity index is 926. The number of hydrogen-bond acceptors (Lipinski definition) is 5. The van der Waals surface area contributed by atoms with Gasteiger partial charge >= 0.3 is 0 Å². The number of phenolic OH excluding ortho intramolecular Hbond substituents is 1. The number of benzene rings is 2. The fraction of sp³-hybridized carbons (Fsp3) is 0.111. The number of nitrogens with zero attached hydrogens (tertiary/aromatic N) is 2. The minimum absolute atomic E-state index is 0.0156. The maximum atomic E-state index is 12.3. The number of hydrogen-bond donors (Lipinski definition) is 2. The predicted molar refractivity (Wildman–Crippen MR) is 92.9 cm³/mol. The molecule has 0 aliphatic rings. The number of nitriles is 1. The number of nitro benzene ring substituents is 1. The van der Waals surface area contributed by atoms with Gasteiger partial charge in [-0.2, -0.15) is 5.26 Å². The van der Waals surface area contributed by atoms with Gasteiger partial charge in [-0.1, -0.05) is 12.1 Å². The molecule has 0 radical (unpaired) electrons. The van der Waals surface area contributed by atoms with E-state index in [1.54, 1.807) is 12.1 Å². The molecule has 0 aliphatic carbocycles. The predicted octanol–water partition coefficient (Wildman–Crippen LogP) is 3.46. The number of phenols is 1. The van der Waals surface area contributed by atoms with E-state index in [-0.39, 0.29) is 22.6 Å². The fourth-order valence-corrected chi connectivity index (χ4v) is 2.14. The van der Waals surface area contributed by atoms with Crippen LogP contribution >= 0.6 is 0 Å². The lowest BCUT2D eigenvalue weighted by atomic mass is 10.1. The molecular weight excluding hydrogens is 322 g/mol. The Morgan fingerprint density at radius 3 is 2.64 bits per heavy atom. The van der Waals surface area contributed by atoms with Crippen LogP contribution in [0.4, 0.5) is 11.4 Å². The first-order valence-electron chi connectivity index (χ1n) is 7.29. The zero-order valence-corrected chi connectivity index (χ0v) is 13.6. The highest BCUT2D eigenvalue weighted by molar-refractivity contribution is 6.10. The van der Waals surface area contributed by atoms with Crippen LogP contribution in [0.25, 0.3) is 6.08 Å².